The van der Waals surface area contributed by atoms with Crippen LogP contribution in [0.4, 0.5) is 0 Å². The highest BCUT2D eigenvalue weighted by molar-refractivity contribution is 6.32. The maximum Gasteiger partial charge on any atom is 0.124 e. The molecule has 0 spiro atoms. The van der Waals surface area contributed by atoms with Crippen LogP contribution in [0.5, 0.6) is 0 Å². The lowest BCUT2D eigenvalue weighted by Gasteiger charge is -2.14. The van der Waals surface area contributed by atoms with E-state index in [1.54, 1.807) is 17.8 Å². The minimum absolute atomic E-state index is 0.428. The van der Waals surface area contributed by atoms with Gasteiger partial charge in [-0.2, -0.15) is 5.10 Å². The van der Waals surface area contributed by atoms with E-state index in [1.807, 2.05) is 19.1 Å². The number of aliphatic hydroxyl groups excluding tert-OH is 1. The summed E-state index contributed by atoms with van der Waals surface area (Å²) in [4.78, 5) is 0. The smallest absolute Gasteiger partial charge is 0.124 e. The second kappa shape index (κ2) is 4.69. The van der Waals surface area contributed by atoms with Crippen LogP contribution < -0.4 is 0 Å². The van der Waals surface area contributed by atoms with Crippen molar-refractivity contribution in [2.45, 2.75) is 13.0 Å². The molecular formula is C12H12Cl2N2O. The van der Waals surface area contributed by atoms with E-state index in [4.69, 9.17) is 23.2 Å². The van der Waals surface area contributed by atoms with E-state index in [1.165, 1.54) is 6.20 Å². The lowest BCUT2D eigenvalue weighted by molar-refractivity contribution is 0.210. The first-order chi connectivity index (χ1) is 8.02. The van der Waals surface area contributed by atoms with Crippen LogP contribution in [0, 0.1) is 6.92 Å². The average Bonchev–Trinajstić information content (AvgIpc) is 2.62. The number of aryl methyl sites for hydroxylation is 2. The number of aromatic nitrogens is 2. The van der Waals surface area contributed by atoms with Crippen molar-refractivity contribution < 1.29 is 5.11 Å². The highest BCUT2D eigenvalue weighted by atomic mass is 35.5. The van der Waals surface area contributed by atoms with Crippen LogP contribution >= 0.6 is 23.2 Å². The predicted molar refractivity (Wildman–Crippen MR) is 68.5 cm³/mol. The van der Waals surface area contributed by atoms with Gasteiger partial charge >= 0.3 is 0 Å². The molecule has 2 rings (SSSR count). The molecule has 0 radical (unpaired) electrons. The van der Waals surface area contributed by atoms with Gasteiger partial charge in [-0.05, 0) is 12.5 Å². The molecule has 0 saturated carbocycles. The SMILES string of the molecule is Cc1cccc(C(O)c2c(Cl)cnn2C)c1Cl. The number of aliphatic hydroxyl groups is 1. The third-order valence-electron chi connectivity index (χ3n) is 2.71. The Bertz CT molecular complexity index is 532. The first-order valence-electron chi connectivity index (χ1n) is 5.13. The fourth-order valence-corrected chi connectivity index (χ4v) is 2.26. The average molecular weight is 271 g/mol. The number of halogens is 2. The minimum Gasteiger partial charge on any atom is -0.382 e. The maximum atomic E-state index is 10.3. The molecule has 2 aromatic rings. The van der Waals surface area contributed by atoms with Crippen molar-refractivity contribution >= 4 is 23.2 Å². The fourth-order valence-electron chi connectivity index (χ4n) is 1.76. The molecular weight excluding hydrogens is 259 g/mol. The van der Waals surface area contributed by atoms with Gasteiger partial charge in [-0.1, -0.05) is 41.4 Å². The molecule has 3 nitrogen and oxygen atoms in total. The van der Waals surface area contributed by atoms with Crippen molar-refractivity contribution in [3.8, 4) is 0 Å². The van der Waals surface area contributed by atoms with Gasteiger partial charge in [0, 0.05) is 17.6 Å². The van der Waals surface area contributed by atoms with Gasteiger partial charge in [0.25, 0.3) is 0 Å². The molecule has 0 fully saturated rings. The molecule has 0 saturated heterocycles. The zero-order chi connectivity index (χ0) is 12.6. The highest BCUT2D eigenvalue weighted by Crippen LogP contribution is 2.33. The van der Waals surface area contributed by atoms with Crippen LogP contribution in [0.3, 0.4) is 0 Å². The van der Waals surface area contributed by atoms with Gasteiger partial charge in [0.1, 0.15) is 6.10 Å². The summed E-state index contributed by atoms with van der Waals surface area (Å²) in [5, 5.41) is 15.3. The Morgan fingerprint density at radius 3 is 2.65 bits per heavy atom. The molecule has 1 unspecified atom stereocenters. The largest absolute Gasteiger partial charge is 0.382 e. The highest BCUT2D eigenvalue weighted by Gasteiger charge is 2.21. The van der Waals surface area contributed by atoms with E-state index in [2.05, 4.69) is 5.10 Å². The molecule has 0 aliphatic heterocycles. The molecule has 1 atom stereocenters. The molecule has 0 aliphatic carbocycles. The molecule has 17 heavy (non-hydrogen) atoms. The molecule has 90 valence electrons. The Balaban J connectivity index is 2.51. The second-order valence-corrected chi connectivity index (χ2v) is 4.67. The van der Waals surface area contributed by atoms with E-state index in [0.717, 1.165) is 5.56 Å². The van der Waals surface area contributed by atoms with E-state index >= 15 is 0 Å². The number of hydrogen-bond donors (Lipinski definition) is 1. The number of hydrogen-bond acceptors (Lipinski definition) is 2. The molecule has 0 amide bonds. The Morgan fingerprint density at radius 2 is 2.06 bits per heavy atom. The van der Waals surface area contributed by atoms with Crippen molar-refractivity contribution in [3.05, 3.63) is 51.3 Å². The molecule has 1 aromatic heterocycles. The van der Waals surface area contributed by atoms with E-state index in [0.29, 0.717) is 21.3 Å². The lowest BCUT2D eigenvalue weighted by Crippen LogP contribution is -2.08. The normalized spacial score (nSPS) is 12.8. The second-order valence-electron chi connectivity index (χ2n) is 3.88. The summed E-state index contributed by atoms with van der Waals surface area (Å²) in [5.74, 6) is 0. The van der Waals surface area contributed by atoms with E-state index < -0.39 is 6.10 Å². The summed E-state index contributed by atoms with van der Waals surface area (Å²) in [7, 11) is 1.73. The van der Waals surface area contributed by atoms with Gasteiger partial charge in [0.05, 0.1) is 16.9 Å². The van der Waals surface area contributed by atoms with Crippen LogP contribution in [0.1, 0.15) is 22.9 Å². The van der Waals surface area contributed by atoms with Crippen LogP contribution in [0.25, 0.3) is 0 Å². The van der Waals surface area contributed by atoms with E-state index in [-0.39, 0.29) is 0 Å². The topological polar surface area (TPSA) is 38.1 Å². The lowest BCUT2D eigenvalue weighted by atomic mass is 10.0. The molecule has 5 heteroatoms. The Morgan fingerprint density at radius 1 is 1.35 bits per heavy atom. The predicted octanol–water partition coefficient (Wildman–Crippen LogP) is 3.12. The number of rotatable bonds is 2. The van der Waals surface area contributed by atoms with Crippen LogP contribution in [-0.2, 0) is 7.05 Å². The first kappa shape index (κ1) is 12.4. The summed E-state index contributed by atoms with van der Waals surface area (Å²) in [6.45, 7) is 1.89. The number of nitrogens with zero attached hydrogens (tertiary/aromatic N) is 2. The van der Waals surface area contributed by atoms with Crippen molar-refractivity contribution in [2.24, 2.45) is 7.05 Å². The third-order valence-corrected chi connectivity index (χ3v) is 3.52. The summed E-state index contributed by atoms with van der Waals surface area (Å²) in [6.07, 6.45) is 0.631. The van der Waals surface area contributed by atoms with Crippen LogP contribution in [0.2, 0.25) is 10.0 Å². The van der Waals surface area contributed by atoms with Gasteiger partial charge in [-0.25, -0.2) is 0 Å². The van der Waals surface area contributed by atoms with Crippen molar-refractivity contribution in [1.29, 1.82) is 0 Å². The maximum absolute atomic E-state index is 10.3. The molecule has 0 aliphatic rings. The molecule has 1 N–H and O–H groups in total. The summed E-state index contributed by atoms with van der Waals surface area (Å²) < 4.78 is 1.55. The Hall–Kier alpha value is -1.03. The molecule has 1 heterocycles. The molecule has 0 bridgehead atoms. The van der Waals surface area contributed by atoms with Gasteiger partial charge in [0.15, 0.2) is 0 Å². The summed E-state index contributed by atoms with van der Waals surface area (Å²) >= 11 is 12.2. The van der Waals surface area contributed by atoms with Gasteiger partial charge in [-0.15, -0.1) is 0 Å². The van der Waals surface area contributed by atoms with Crippen molar-refractivity contribution in [1.82, 2.24) is 9.78 Å². The van der Waals surface area contributed by atoms with Gasteiger partial charge in [0.2, 0.25) is 0 Å². The quantitative estimate of drug-likeness (QED) is 0.911. The standard InChI is InChI=1S/C12H12Cl2N2O/c1-7-4-3-5-8(10(7)14)12(17)11-9(13)6-15-16(11)2/h3-6,12,17H,1-2H3. The third kappa shape index (κ3) is 2.18. The monoisotopic (exact) mass is 270 g/mol. The van der Waals surface area contributed by atoms with Crippen LogP contribution in [-0.4, -0.2) is 14.9 Å². The summed E-state index contributed by atoms with van der Waals surface area (Å²) in [6, 6.07) is 5.52. The van der Waals surface area contributed by atoms with Gasteiger partial charge in [-0.3, -0.25) is 4.68 Å². The first-order valence-corrected chi connectivity index (χ1v) is 5.88. The zero-order valence-corrected chi connectivity index (χ0v) is 11.0. The van der Waals surface area contributed by atoms with Crippen molar-refractivity contribution in [3.63, 3.8) is 0 Å². The number of benzene rings is 1. The molecule has 1 aromatic carbocycles. The van der Waals surface area contributed by atoms with Crippen molar-refractivity contribution in [2.75, 3.05) is 0 Å². The zero-order valence-electron chi connectivity index (χ0n) is 9.48. The van der Waals surface area contributed by atoms with E-state index in [9.17, 15) is 5.11 Å². The summed E-state index contributed by atoms with van der Waals surface area (Å²) in [5.41, 5.74) is 2.10. The van der Waals surface area contributed by atoms with Crippen LogP contribution in [0.15, 0.2) is 24.4 Å². The fraction of sp³-hybridized carbons (Fsp3) is 0.250. The van der Waals surface area contributed by atoms with Gasteiger partial charge < -0.3 is 5.11 Å². The minimum atomic E-state index is -0.873. The Kier molecular flexibility index (Phi) is 3.43. The Labute approximate surface area is 110 Å².